The molecule has 1 aromatic heterocycles. The van der Waals surface area contributed by atoms with Gasteiger partial charge in [-0.2, -0.15) is 11.8 Å². The zero-order valence-electron chi connectivity index (χ0n) is 8.43. The van der Waals surface area contributed by atoms with Crippen molar-refractivity contribution in [2.45, 2.75) is 6.54 Å². The van der Waals surface area contributed by atoms with E-state index in [4.69, 9.17) is 5.73 Å². The van der Waals surface area contributed by atoms with Gasteiger partial charge in [0.2, 0.25) is 0 Å². The lowest BCUT2D eigenvalue weighted by molar-refractivity contribution is 0.455. The molecule has 6 heteroatoms. The molecular weight excluding hydrogens is 228 g/mol. The van der Waals surface area contributed by atoms with Crippen molar-refractivity contribution < 1.29 is 0 Å². The second-order valence-corrected chi connectivity index (χ2v) is 5.40. The van der Waals surface area contributed by atoms with Gasteiger partial charge < -0.3 is 10.6 Å². The third kappa shape index (κ3) is 3.10. The fourth-order valence-corrected chi connectivity index (χ4v) is 2.81. The fourth-order valence-electron chi connectivity index (χ4n) is 1.37. The number of hydrogen-bond acceptors (Lipinski definition) is 4. The standard InChI is InChI=1S/C9H14N4S2/c10-9(13-2-5-14-6-3-13)12-7-8-11-1-4-15-8/h1,4H,2-3,5-7H2,(H2,10,12). The molecule has 1 aliphatic heterocycles. The van der Waals surface area contributed by atoms with E-state index in [-0.39, 0.29) is 0 Å². The molecule has 0 spiro atoms. The SMILES string of the molecule is NC(=NCc1nccs1)N1CCSCC1. The molecule has 15 heavy (non-hydrogen) atoms. The minimum atomic E-state index is 0.604. The number of nitrogens with two attached hydrogens (primary N) is 1. The van der Waals surface area contributed by atoms with Crippen molar-refractivity contribution in [3.63, 3.8) is 0 Å². The molecule has 0 unspecified atom stereocenters. The first-order chi connectivity index (χ1) is 7.36. The first kappa shape index (κ1) is 10.8. The summed E-state index contributed by atoms with van der Waals surface area (Å²) in [6.45, 7) is 2.63. The van der Waals surface area contributed by atoms with Gasteiger partial charge in [0, 0.05) is 36.2 Å². The van der Waals surface area contributed by atoms with Crippen LogP contribution in [0, 0.1) is 0 Å². The van der Waals surface area contributed by atoms with Crippen molar-refractivity contribution >= 4 is 29.1 Å². The van der Waals surface area contributed by atoms with Crippen LogP contribution in [0.25, 0.3) is 0 Å². The highest BCUT2D eigenvalue weighted by atomic mass is 32.2. The predicted octanol–water partition coefficient (Wildman–Crippen LogP) is 1.01. The molecule has 2 rings (SSSR count). The first-order valence-electron chi connectivity index (χ1n) is 4.87. The molecule has 1 aliphatic rings. The van der Waals surface area contributed by atoms with Gasteiger partial charge >= 0.3 is 0 Å². The highest BCUT2D eigenvalue weighted by Crippen LogP contribution is 2.09. The van der Waals surface area contributed by atoms with Gasteiger partial charge in [0.15, 0.2) is 5.96 Å². The Labute approximate surface area is 97.6 Å². The molecule has 1 fully saturated rings. The van der Waals surface area contributed by atoms with E-state index in [9.17, 15) is 0 Å². The van der Waals surface area contributed by atoms with Gasteiger partial charge in [-0.15, -0.1) is 11.3 Å². The Kier molecular flexibility index (Phi) is 3.85. The van der Waals surface area contributed by atoms with Crippen molar-refractivity contribution in [3.05, 3.63) is 16.6 Å². The Bertz CT molecular complexity index is 317. The Hall–Kier alpha value is -0.750. The Morgan fingerprint density at radius 2 is 2.33 bits per heavy atom. The molecule has 0 radical (unpaired) electrons. The lowest BCUT2D eigenvalue weighted by Crippen LogP contribution is -2.42. The average molecular weight is 242 g/mol. The fraction of sp³-hybridized carbons (Fsp3) is 0.556. The van der Waals surface area contributed by atoms with E-state index in [1.807, 2.05) is 17.1 Å². The predicted molar refractivity (Wildman–Crippen MR) is 66.3 cm³/mol. The number of rotatable bonds is 2. The van der Waals surface area contributed by atoms with E-state index in [1.54, 1.807) is 17.5 Å². The summed E-state index contributed by atoms with van der Waals surface area (Å²) in [6.07, 6.45) is 1.79. The highest BCUT2D eigenvalue weighted by Gasteiger charge is 2.11. The van der Waals surface area contributed by atoms with Crippen LogP contribution in [0.5, 0.6) is 0 Å². The summed E-state index contributed by atoms with van der Waals surface area (Å²) in [5.41, 5.74) is 5.91. The lowest BCUT2D eigenvalue weighted by atomic mass is 10.5. The smallest absolute Gasteiger partial charge is 0.191 e. The molecule has 0 aliphatic carbocycles. The average Bonchev–Trinajstić information content (AvgIpc) is 2.80. The highest BCUT2D eigenvalue weighted by molar-refractivity contribution is 7.99. The molecule has 1 saturated heterocycles. The molecule has 4 nitrogen and oxygen atoms in total. The van der Waals surface area contributed by atoms with E-state index in [0.29, 0.717) is 12.5 Å². The number of thioether (sulfide) groups is 1. The minimum Gasteiger partial charge on any atom is -0.370 e. The molecule has 0 atom stereocenters. The molecule has 2 heterocycles. The van der Waals surface area contributed by atoms with Crippen LogP contribution in [0.15, 0.2) is 16.6 Å². The van der Waals surface area contributed by atoms with Gasteiger partial charge in [-0.05, 0) is 0 Å². The molecule has 0 bridgehead atoms. The van der Waals surface area contributed by atoms with E-state index < -0.39 is 0 Å². The number of aliphatic imine (C=N–C) groups is 1. The number of thiazole rings is 1. The van der Waals surface area contributed by atoms with Crippen LogP contribution in [0.3, 0.4) is 0 Å². The van der Waals surface area contributed by atoms with Crippen LogP contribution in [0.4, 0.5) is 0 Å². The van der Waals surface area contributed by atoms with Gasteiger partial charge in [-0.3, -0.25) is 0 Å². The molecule has 82 valence electrons. The first-order valence-corrected chi connectivity index (χ1v) is 6.90. The maximum Gasteiger partial charge on any atom is 0.191 e. The van der Waals surface area contributed by atoms with Crippen molar-refractivity contribution in [2.24, 2.45) is 10.7 Å². The maximum atomic E-state index is 5.91. The van der Waals surface area contributed by atoms with Crippen molar-refractivity contribution in [2.75, 3.05) is 24.6 Å². The summed E-state index contributed by atoms with van der Waals surface area (Å²) >= 11 is 3.58. The summed E-state index contributed by atoms with van der Waals surface area (Å²) in [5, 5.41) is 2.97. The number of guanidine groups is 1. The third-order valence-electron chi connectivity index (χ3n) is 2.19. The summed E-state index contributed by atoms with van der Waals surface area (Å²) in [6, 6.07) is 0. The van der Waals surface area contributed by atoms with E-state index >= 15 is 0 Å². The molecule has 1 aromatic rings. The van der Waals surface area contributed by atoms with Crippen LogP contribution < -0.4 is 5.73 Å². The van der Waals surface area contributed by atoms with Gasteiger partial charge in [0.25, 0.3) is 0 Å². The molecular formula is C9H14N4S2. The van der Waals surface area contributed by atoms with Gasteiger partial charge in [-0.1, -0.05) is 0 Å². The Balaban J connectivity index is 1.88. The lowest BCUT2D eigenvalue weighted by Gasteiger charge is -2.27. The van der Waals surface area contributed by atoms with Gasteiger partial charge in [-0.25, -0.2) is 9.98 Å². The second kappa shape index (κ2) is 5.37. The largest absolute Gasteiger partial charge is 0.370 e. The number of nitrogens with zero attached hydrogens (tertiary/aromatic N) is 3. The Morgan fingerprint density at radius 3 is 3.00 bits per heavy atom. The molecule has 0 amide bonds. The second-order valence-electron chi connectivity index (χ2n) is 3.20. The zero-order chi connectivity index (χ0) is 10.5. The zero-order valence-corrected chi connectivity index (χ0v) is 10.1. The normalized spacial score (nSPS) is 18.1. The maximum absolute atomic E-state index is 5.91. The third-order valence-corrected chi connectivity index (χ3v) is 3.90. The van der Waals surface area contributed by atoms with Crippen LogP contribution in [-0.2, 0) is 6.54 Å². The molecule has 0 aromatic carbocycles. The van der Waals surface area contributed by atoms with Crippen molar-refractivity contribution in [3.8, 4) is 0 Å². The van der Waals surface area contributed by atoms with E-state index in [1.165, 1.54) is 0 Å². The van der Waals surface area contributed by atoms with Crippen LogP contribution in [-0.4, -0.2) is 40.4 Å². The van der Waals surface area contributed by atoms with E-state index in [0.717, 1.165) is 29.6 Å². The van der Waals surface area contributed by atoms with Crippen molar-refractivity contribution in [1.29, 1.82) is 0 Å². The monoisotopic (exact) mass is 242 g/mol. The Morgan fingerprint density at radius 1 is 1.53 bits per heavy atom. The minimum absolute atomic E-state index is 0.604. The van der Waals surface area contributed by atoms with Crippen molar-refractivity contribution in [1.82, 2.24) is 9.88 Å². The quantitative estimate of drug-likeness (QED) is 0.621. The molecule has 0 saturated carbocycles. The summed E-state index contributed by atoms with van der Waals surface area (Å²) in [7, 11) is 0. The number of aromatic nitrogens is 1. The van der Waals surface area contributed by atoms with E-state index in [2.05, 4.69) is 14.9 Å². The van der Waals surface area contributed by atoms with Crippen LogP contribution in [0.2, 0.25) is 0 Å². The van der Waals surface area contributed by atoms with Gasteiger partial charge in [0.05, 0.1) is 6.54 Å². The summed E-state index contributed by atoms with van der Waals surface area (Å²) in [4.78, 5) is 10.7. The van der Waals surface area contributed by atoms with Crippen LogP contribution >= 0.6 is 23.1 Å². The van der Waals surface area contributed by atoms with Crippen LogP contribution in [0.1, 0.15) is 5.01 Å². The summed E-state index contributed by atoms with van der Waals surface area (Å²) < 4.78 is 0. The number of hydrogen-bond donors (Lipinski definition) is 1. The molecule has 2 N–H and O–H groups in total. The summed E-state index contributed by atoms with van der Waals surface area (Å²) in [5.74, 6) is 2.95. The topological polar surface area (TPSA) is 54.5 Å². The van der Waals surface area contributed by atoms with Gasteiger partial charge in [0.1, 0.15) is 5.01 Å².